The van der Waals surface area contributed by atoms with E-state index in [0.29, 0.717) is 19.3 Å². The SMILES string of the molecule is CC/C=C/C/C=C/C/C=C/C/C=C/C/C=C/CCCCCC(=O)O[C@@H](CO)COC(=O)CCC/C=C/C/C=C/C/C=C/C/C=C/CCCCC. The average molecular weight is 691 g/mol. The van der Waals surface area contributed by atoms with Crippen molar-refractivity contribution in [2.45, 2.75) is 148 Å². The van der Waals surface area contributed by atoms with E-state index in [1.54, 1.807) is 0 Å². The third kappa shape index (κ3) is 37.4. The number of carbonyl (C=O) groups excluding carboxylic acids is 2. The number of rotatable bonds is 33. The molecule has 5 nitrogen and oxygen atoms in total. The molecule has 0 aromatic carbocycles. The summed E-state index contributed by atoms with van der Waals surface area (Å²) < 4.78 is 10.5. The maximum Gasteiger partial charge on any atom is 0.306 e. The summed E-state index contributed by atoms with van der Waals surface area (Å²) in [4.78, 5) is 24.2. The van der Waals surface area contributed by atoms with Crippen LogP contribution in [0, 0.1) is 0 Å². The summed E-state index contributed by atoms with van der Waals surface area (Å²) in [6, 6.07) is 0. The molecule has 0 fully saturated rings. The van der Waals surface area contributed by atoms with E-state index < -0.39 is 6.10 Å². The van der Waals surface area contributed by atoms with E-state index in [1.807, 2.05) is 0 Å². The normalized spacial score (nSPS) is 13.4. The highest BCUT2D eigenvalue weighted by atomic mass is 16.6. The molecule has 0 aromatic heterocycles. The average Bonchev–Trinajstić information content (AvgIpc) is 3.12. The quantitative estimate of drug-likeness (QED) is 0.0421. The third-order valence-corrected chi connectivity index (χ3v) is 7.55. The molecule has 5 heteroatoms. The van der Waals surface area contributed by atoms with Gasteiger partial charge in [0.05, 0.1) is 6.61 Å². The number of aliphatic hydroxyl groups excluding tert-OH is 1. The van der Waals surface area contributed by atoms with Crippen LogP contribution >= 0.6 is 0 Å². The van der Waals surface area contributed by atoms with Crippen LogP contribution in [0.1, 0.15) is 142 Å². The van der Waals surface area contributed by atoms with E-state index in [-0.39, 0.29) is 25.2 Å². The lowest BCUT2D eigenvalue weighted by molar-refractivity contribution is -0.161. The van der Waals surface area contributed by atoms with Crippen molar-refractivity contribution in [3.63, 3.8) is 0 Å². The fourth-order valence-corrected chi connectivity index (χ4v) is 4.63. The highest BCUT2D eigenvalue weighted by Crippen LogP contribution is 2.08. The zero-order valence-corrected chi connectivity index (χ0v) is 31.6. The molecule has 0 rings (SSSR count). The minimum Gasteiger partial charge on any atom is -0.462 e. The molecular weight excluding hydrogens is 620 g/mol. The first-order valence-electron chi connectivity index (χ1n) is 19.4. The summed E-state index contributed by atoms with van der Waals surface area (Å²) in [6.45, 7) is 3.89. The number of hydrogen-bond acceptors (Lipinski definition) is 5. The number of hydrogen-bond donors (Lipinski definition) is 1. The maximum atomic E-state index is 12.2. The van der Waals surface area contributed by atoms with Crippen molar-refractivity contribution in [2.75, 3.05) is 13.2 Å². The van der Waals surface area contributed by atoms with E-state index >= 15 is 0 Å². The molecule has 1 N–H and O–H groups in total. The first-order valence-corrected chi connectivity index (χ1v) is 19.4. The standard InChI is InChI=1S/C45H70O5/c1-3-5-7-9-11-13-15-17-19-21-22-24-26-28-30-32-34-36-38-40-45(48)50-43(41-46)42-49-44(47)39-37-35-33-31-29-27-25-23-20-18-16-14-12-10-8-6-4-2/h5,7,11-14,17-20,22,24-25,27-28,30-31,33,43,46H,3-4,6,8-10,15-16,21,23,26,29,32,34-42H2,1-2H3/b7-5+,13-11+,14-12+,19-17+,20-18+,24-22+,27-25+,30-28+,33-31+/t43-/m0/s1. The van der Waals surface area contributed by atoms with Gasteiger partial charge in [-0.05, 0) is 96.3 Å². The molecule has 280 valence electrons. The zero-order valence-electron chi connectivity index (χ0n) is 31.6. The lowest BCUT2D eigenvalue weighted by Gasteiger charge is -2.15. The molecule has 50 heavy (non-hydrogen) atoms. The van der Waals surface area contributed by atoms with Gasteiger partial charge in [0.2, 0.25) is 0 Å². The van der Waals surface area contributed by atoms with Gasteiger partial charge in [-0.3, -0.25) is 9.59 Å². The van der Waals surface area contributed by atoms with Crippen LogP contribution in [-0.4, -0.2) is 36.4 Å². The van der Waals surface area contributed by atoms with Gasteiger partial charge in [-0.1, -0.05) is 142 Å². The monoisotopic (exact) mass is 691 g/mol. The number of esters is 2. The van der Waals surface area contributed by atoms with E-state index in [1.165, 1.54) is 25.7 Å². The van der Waals surface area contributed by atoms with Crippen molar-refractivity contribution >= 4 is 11.9 Å². The fourth-order valence-electron chi connectivity index (χ4n) is 4.63. The Morgan fingerprint density at radius 1 is 0.480 bits per heavy atom. The van der Waals surface area contributed by atoms with Gasteiger partial charge in [0.1, 0.15) is 6.61 Å². The minimum absolute atomic E-state index is 0.116. The van der Waals surface area contributed by atoms with Gasteiger partial charge in [0.15, 0.2) is 6.10 Å². The van der Waals surface area contributed by atoms with Gasteiger partial charge in [-0.25, -0.2) is 0 Å². The molecule has 0 unspecified atom stereocenters. The molecule has 0 radical (unpaired) electrons. The highest BCUT2D eigenvalue weighted by molar-refractivity contribution is 5.70. The predicted octanol–water partition coefficient (Wildman–Crippen LogP) is 12.3. The predicted molar refractivity (Wildman–Crippen MR) is 214 cm³/mol. The van der Waals surface area contributed by atoms with Crippen LogP contribution in [0.2, 0.25) is 0 Å². The Morgan fingerprint density at radius 2 is 0.880 bits per heavy atom. The van der Waals surface area contributed by atoms with Crippen LogP contribution in [0.3, 0.4) is 0 Å². The second kappa shape index (κ2) is 40.0. The highest BCUT2D eigenvalue weighted by Gasteiger charge is 2.15. The molecule has 0 saturated carbocycles. The van der Waals surface area contributed by atoms with E-state index in [2.05, 4.69) is 123 Å². The number of carbonyl (C=O) groups is 2. The number of unbranched alkanes of at least 4 members (excludes halogenated alkanes) is 7. The van der Waals surface area contributed by atoms with Crippen LogP contribution in [0.15, 0.2) is 109 Å². The Balaban J connectivity index is 3.78. The molecule has 0 bridgehead atoms. The first kappa shape index (κ1) is 46.6. The molecule has 0 saturated heterocycles. The van der Waals surface area contributed by atoms with E-state index in [0.717, 1.165) is 83.5 Å². The summed E-state index contributed by atoms with van der Waals surface area (Å²) in [5.74, 6) is -0.707. The van der Waals surface area contributed by atoms with Gasteiger partial charge in [0.25, 0.3) is 0 Å². The van der Waals surface area contributed by atoms with Crippen LogP contribution in [0.5, 0.6) is 0 Å². The first-order chi connectivity index (χ1) is 24.6. The summed E-state index contributed by atoms with van der Waals surface area (Å²) in [5.41, 5.74) is 0. The minimum atomic E-state index is -0.818. The number of ether oxygens (including phenoxy) is 2. The Morgan fingerprint density at radius 3 is 1.32 bits per heavy atom. The summed E-state index contributed by atoms with van der Waals surface area (Å²) in [7, 11) is 0. The molecule has 1 atom stereocenters. The van der Waals surface area contributed by atoms with Gasteiger partial charge in [-0.2, -0.15) is 0 Å². The molecule has 0 aliphatic rings. The lowest BCUT2D eigenvalue weighted by atomic mass is 10.1. The molecule has 0 amide bonds. The summed E-state index contributed by atoms with van der Waals surface area (Å²) >= 11 is 0. The van der Waals surface area contributed by atoms with Gasteiger partial charge in [-0.15, -0.1) is 0 Å². The van der Waals surface area contributed by atoms with Gasteiger partial charge in [0, 0.05) is 12.8 Å². The lowest BCUT2D eigenvalue weighted by Crippen LogP contribution is -2.28. The topological polar surface area (TPSA) is 72.8 Å². The van der Waals surface area contributed by atoms with Gasteiger partial charge < -0.3 is 14.6 Å². The third-order valence-electron chi connectivity index (χ3n) is 7.55. The van der Waals surface area contributed by atoms with Crippen molar-refractivity contribution in [2.24, 2.45) is 0 Å². The Bertz CT molecular complexity index is 1050. The second-order valence-electron chi connectivity index (χ2n) is 12.3. The van der Waals surface area contributed by atoms with Crippen LogP contribution in [0.4, 0.5) is 0 Å². The molecule has 0 heterocycles. The van der Waals surface area contributed by atoms with Crippen molar-refractivity contribution < 1.29 is 24.2 Å². The Hall–Kier alpha value is -3.44. The van der Waals surface area contributed by atoms with E-state index in [4.69, 9.17) is 9.47 Å². The van der Waals surface area contributed by atoms with Crippen molar-refractivity contribution in [3.8, 4) is 0 Å². The molecule has 0 aliphatic heterocycles. The molecule has 0 spiro atoms. The smallest absolute Gasteiger partial charge is 0.306 e. The number of aliphatic hydroxyl groups is 1. The van der Waals surface area contributed by atoms with Crippen molar-refractivity contribution in [1.29, 1.82) is 0 Å². The summed E-state index contributed by atoms with van der Waals surface area (Å²) in [5, 5.41) is 9.54. The van der Waals surface area contributed by atoms with E-state index in [9.17, 15) is 14.7 Å². The molecule has 0 aromatic rings. The Kier molecular flexibility index (Phi) is 37.2. The molecule has 0 aliphatic carbocycles. The zero-order chi connectivity index (χ0) is 36.4. The largest absolute Gasteiger partial charge is 0.462 e. The fraction of sp³-hybridized carbons (Fsp3) is 0.556. The van der Waals surface area contributed by atoms with Gasteiger partial charge >= 0.3 is 11.9 Å². The second-order valence-corrected chi connectivity index (χ2v) is 12.3. The van der Waals surface area contributed by atoms with Crippen molar-refractivity contribution in [1.82, 2.24) is 0 Å². The summed E-state index contributed by atoms with van der Waals surface area (Å²) in [6.07, 6.45) is 57.2. The van der Waals surface area contributed by atoms with Crippen molar-refractivity contribution in [3.05, 3.63) is 109 Å². The Labute approximate surface area is 306 Å². The number of allylic oxidation sites excluding steroid dienone is 18. The van der Waals surface area contributed by atoms with Crippen LogP contribution in [-0.2, 0) is 19.1 Å². The van der Waals surface area contributed by atoms with Crippen LogP contribution in [0.25, 0.3) is 0 Å². The maximum absolute atomic E-state index is 12.2. The molecular formula is C45H70O5. The van der Waals surface area contributed by atoms with Crippen LogP contribution < -0.4 is 0 Å².